The van der Waals surface area contributed by atoms with Crippen molar-refractivity contribution in [1.82, 2.24) is 0 Å². The average molecular weight is 567 g/mol. The first-order valence-corrected chi connectivity index (χ1v) is 15.3. The third kappa shape index (κ3) is 11.6. The Bertz CT molecular complexity index is 1300. The summed E-state index contributed by atoms with van der Waals surface area (Å²) < 4.78 is 0. The van der Waals surface area contributed by atoms with Crippen molar-refractivity contribution in [3.8, 4) is 0 Å². The zero-order valence-corrected chi connectivity index (χ0v) is 27.7. The minimum atomic E-state index is -0.333. The summed E-state index contributed by atoms with van der Waals surface area (Å²) in [7, 11) is 0. The van der Waals surface area contributed by atoms with E-state index in [2.05, 4.69) is 154 Å². The molecular weight excluding hydrogens is 512 g/mol. The highest BCUT2D eigenvalue weighted by Gasteiger charge is 2.35. The van der Waals surface area contributed by atoms with E-state index in [1.54, 1.807) is 6.08 Å². The van der Waals surface area contributed by atoms with Gasteiger partial charge in [-0.1, -0.05) is 152 Å². The SMILES string of the molecule is CC1=C[C@@H](O)CC(C)(C)C1/C=C/C(C)=C/C=C/C(C)=C/C=C/C=C(C)/C=C/C=C(C)/C=C/[C@H]1C(C)=CC(=O)CC1(C)C. The standard InChI is InChI=1S/C40H54O2/c1-29(17-13-19-31(3)21-23-37-33(5)25-35(41)27-39(37,7)8)15-11-12-16-30(2)18-14-20-32(4)22-24-38-34(6)26-36(42)28-40(38,9)10/h11-26,35,37-38,41H,27-28H2,1-10H3/b12-11+,17-13+,18-14+,23-21+,24-22+,29-15+,30-16+,31-19+,32-20+/t35-,37?,38+/m1/s1. The maximum atomic E-state index is 11.9. The summed E-state index contributed by atoms with van der Waals surface area (Å²) in [6, 6.07) is 0. The van der Waals surface area contributed by atoms with Gasteiger partial charge in [0.25, 0.3) is 0 Å². The molecule has 0 heterocycles. The third-order valence-electron chi connectivity index (χ3n) is 8.24. The number of aliphatic hydroxyl groups excluding tert-OH is 1. The molecule has 0 amide bonds. The molecule has 0 spiro atoms. The highest BCUT2D eigenvalue weighted by Crippen LogP contribution is 2.42. The Kier molecular flexibility index (Phi) is 13.2. The molecular formula is C40H54O2. The van der Waals surface area contributed by atoms with Crippen molar-refractivity contribution < 1.29 is 9.90 Å². The zero-order chi connectivity index (χ0) is 31.5. The number of carbonyl (C=O) groups is 1. The molecule has 2 aliphatic rings. The lowest BCUT2D eigenvalue weighted by atomic mass is 9.67. The minimum absolute atomic E-state index is 0.0422. The van der Waals surface area contributed by atoms with Gasteiger partial charge in [0.05, 0.1) is 6.10 Å². The van der Waals surface area contributed by atoms with Crippen LogP contribution in [-0.2, 0) is 4.79 Å². The van der Waals surface area contributed by atoms with Gasteiger partial charge in [-0.15, -0.1) is 0 Å². The molecule has 0 aromatic rings. The van der Waals surface area contributed by atoms with Gasteiger partial charge in [-0.3, -0.25) is 4.79 Å². The summed E-state index contributed by atoms with van der Waals surface area (Å²) in [4.78, 5) is 11.9. The Morgan fingerprint density at radius 2 is 1.12 bits per heavy atom. The maximum absolute atomic E-state index is 11.9. The van der Waals surface area contributed by atoms with Gasteiger partial charge < -0.3 is 5.11 Å². The summed E-state index contributed by atoms with van der Waals surface area (Å²) in [6.45, 7) is 21.4. The maximum Gasteiger partial charge on any atom is 0.156 e. The molecule has 2 nitrogen and oxygen atoms in total. The Morgan fingerprint density at radius 3 is 1.57 bits per heavy atom. The fourth-order valence-corrected chi connectivity index (χ4v) is 5.98. The van der Waals surface area contributed by atoms with Gasteiger partial charge >= 0.3 is 0 Å². The highest BCUT2D eigenvalue weighted by molar-refractivity contribution is 5.92. The quantitative estimate of drug-likeness (QED) is 0.211. The lowest BCUT2D eigenvalue weighted by Gasteiger charge is -2.38. The smallest absolute Gasteiger partial charge is 0.156 e. The van der Waals surface area contributed by atoms with Crippen LogP contribution in [0.3, 0.4) is 0 Å². The second kappa shape index (κ2) is 15.8. The average Bonchev–Trinajstić information content (AvgIpc) is 2.84. The van der Waals surface area contributed by atoms with Crippen molar-refractivity contribution in [3.63, 3.8) is 0 Å². The molecule has 2 heteroatoms. The number of hydrogen-bond acceptors (Lipinski definition) is 2. The molecule has 1 N–H and O–H groups in total. The van der Waals surface area contributed by atoms with E-state index in [0.29, 0.717) is 12.3 Å². The molecule has 2 aliphatic carbocycles. The van der Waals surface area contributed by atoms with Crippen molar-refractivity contribution in [2.24, 2.45) is 22.7 Å². The van der Waals surface area contributed by atoms with Gasteiger partial charge in [-0.25, -0.2) is 0 Å². The molecule has 0 aromatic carbocycles. The van der Waals surface area contributed by atoms with Crippen LogP contribution < -0.4 is 0 Å². The van der Waals surface area contributed by atoms with Gasteiger partial charge in [0.1, 0.15) is 0 Å². The van der Waals surface area contributed by atoms with Crippen LogP contribution in [0.15, 0.2) is 131 Å². The predicted octanol–water partition coefficient (Wildman–Crippen LogP) is 10.5. The predicted molar refractivity (Wildman–Crippen MR) is 183 cm³/mol. The molecule has 42 heavy (non-hydrogen) atoms. The van der Waals surface area contributed by atoms with Crippen molar-refractivity contribution in [3.05, 3.63) is 131 Å². The van der Waals surface area contributed by atoms with E-state index in [4.69, 9.17) is 0 Å². The topological polar surface area (TPSA) is 37.3 Å². The summed E-state index contributed by atoms with van der Waals surface area (Å²) in [5, 5.41) is 10.1. The van der Waals surface area contributed by atoms with E-state index >= 15 is 0 Å². The molecule has 0 aromatic heterocycles. The number of allylic oxidation sites excluding steroid dienone is 21. The van der Waals surface area contributed by atoms with E-state index in [1.807, 2.05) is 6.08 Å². The zero-order valence-electron chi connectivity index (χ0n) is 27.7. The molecule has 1 unspecified atom stereocenters. The van der Waals surface area contributed by atoms with E-state index in [0.717, 1.165) is 12.0 Å². The molecule has 0 saturated heterocycles. The summed E-state index contributed by atoms with van der Waals surface area (Å²) >= 11 is 0. The van der Waals surface area contributed by atoms with Crippen molar-refractivity contribution >= 4 is 5.78 Å². The van der Waals surface area contributed by atoms with Gasteiger partial charge in [0.15, 0.2) is 5.78 Å². The third-order valence-corrected chi connectivity index (χ3v) is 8.24. The second-order valence-electron chi connectivity index (χ2n) is 13.6. The van der Waals surface area contributed by atoms with E-state index in [1.165, 1.54) is 27.9 Å². The molecule has 226 valence electrons. The van der Waals surface area contributed by atoms with Crippen LogP contribution in [-0.4, -0.2) is 17.0 Å². The molecule has 3 atom stereocenters. The van der Waals surface area contributed by atoms with Crippen molar-refractivity contribution in [1.29, 1.82) is 0 Å². The van der Waals surface area contributed by atoms with E-state index < -0.39 is 0 Å². The largest absolute Gasteiger partial charge is 0.389 e. The van der Waals surface area contributed by atoms with Crippen LogP contribution in [0, 0.1) is 22.7 Å². The summed E-state index contributed by atoms with van der Waals surface area (Å²) in [5.74, 6) is 0.866. The van der Waals surface area contributed by atoms with Gasteiger partial charge in [0.2, 0.25) is 0 Å². The Labute approximate surface area is 256 Å². The van der Waals surface area contributed by atoms with E-state index in [-0.39, 0.29) is 28.6 Å². The van der Waals surface area contributed by atoms with Crippen LogP contribution >= 0.6 is 0 Å². The monoisotopic (exact) mass is 566 g/mol. The Hall–Kier alpha value is -3.23. The van der Waals surface area contributed by atoms with Gasteiger partial charge in [0, 0.05) is 18.3 Å². The van der Waals surface area contributed by atoms with Crippen molar-refractivity contribution in [2.45, 2.75) is 88.2 Å². The first-order chi connectivity index (χ1) is 19.6. The number of hydrogen-bond donors (Lipinski definition) is 1. The van der Waals surface area contributed by atoms with Crippen LogP contribution in [0.1, 0.15) is 82.1 Å². The van der Waals surface area contributed by atoms with Crippen LogP contribution in [0.5, 0.6) is 0 Å². The van der Waals surface area contributed by atoms with Crippen LogP contribution in [0.2, 0.25) is 0 Å². The molecule has 0 aliphatic heterocycles. The number of aliphatic hydroxyl groups is 1. The summed E-state index contributed by atoms with van der Waals surface area (Å²) in [6.07, 6.45) is 34.8. The Balaban J connectivity index is 1.89. The molecule has 0 bridgehead atoms. The fraction of sp³-hybridized carbons (Fsp3) is 0.425. The number of carbonyl (C=O) groups excluding carboxylic acids is 1. The number of rotatable bonds is 10. The lowest BCUT2D eigenvalue weighted by Crippen LogP contribution is -2.32. The Morgan fingerprint density at radius 1 is 0.690 bits per heavy atom. The van der Waals surface area contributed by atoms with Gasteiger partial charge in [-0.05, 0) is 64.9 Å². The van der Waals surface area contributed by atoms with Gasteiger partial charge in [-0.2, -0.15) is 0 Å². The second-order valence-corrected chi connectivity index (χ2v) is 13.6. The number of ketones is 1. The van der Waals surface area contributed by atoms with Crippen LogP contribution in [0.4, 0.5) is 0 Å². The summed E-state index contributed by atoms with van der Waals surface area (Å²) in [5.41, 5.74) is 7.16. The normalized spacial score (nSPS) is 26.4. The lowest BCUT2D eigenvalue weighted by molar-refractivity contribution is -0.117. The first-order valence-electron chi connectivity index (χ1n) is 15.3. The highest BCUT2D eigenvalue weighted by atomic mass is 16.3. The minimum Gasteiger partial charge on any atom is -0.389 e. The molecule has 0 radical (unpaired) electrons. The molecule has 0 fully saturated rings. The van der Waals surface area contributed by atoms with Crippen LogP contribution in [0.25, 0.3) is 0 Å². The van der Waals surface area contributed by atoms with E-state index in [9.17, 15) is 9.90 Å². The fourth-order valence-electron chi connectivity index (χ4n) is 5.98. The van der Waals surface area contributed by atoms with Crippen molar-refractivity contribution in [2.75, 3.05) is 0 Å². The molecule has 2 rings (SSSR count). The molecule has 0 saturated carbocycles. The first kappa shape index (κ1) is 35.0.